The molecule has 0 aliphatic heterocycles. The summed E-state index contributed by atoms with van der Waals surface area (Å²) in [5, 5.41) is 8.87. The average molecular weight is 256 g/mol. The summed E-state index contributed by atoms with van der Waals surface area (Å²) in [6, 6.07) is 3.02. The Morgan fingerprint density at radius 2 is 2.06 bits per heavy atom. The lowest BCUT2D eigenvalue weighted by molar-refractivity contribution is 0.623. The molecule has 0 unspecified atom stereocenters. The van der Waals surface area contributed by atoms with Crippen LogP contribution in [0.4, 0.5) is 10.1 Å². The summed E-state index contributed by atoms with van der Waals surface area (Å²) in [5.41, 5.74) is 1.90. The second kappa shape index (κ2) is 6.87. The van der Waals surface area contributed by atoms with Gasteiger partial charge in [-0.3, -0.25) is 5.14 Å². The Morgan fingerprint density at radius 1 is 1.41 bits per heavy atom. The van der Waals surface area contributed by atoms with Crippen molar-refractivity contribution in [1.82, 2.24) is 0 Å². The van der Waals surface area contributed by atoms with Crippen molar-refractivity contribution in [3.05, 3.63) is 23.5 Å². The topological polar surface area (TPSA) is 38.0 Å². The Labute approximate surface area is 107 Å². The van der Waals surface area contributed by atoms with Gasteiger partial charge in [0.05, 0.1) is 5.69 Å². The molecule has 96 valence electrons. The molecule has 0 radical (unpaired) electrons. The number of benzene rings is 1. The van der Waals surface area contributed by atoms with Crippen LogP contribution in [-0.2, 0) is 0 Å². The maximum absolute atomic E-state index is 13.1. The third-order valence-electron chi connectivity index (χ3n) is 2.66. The van der Waals surface area contributed by atoms with Gasteiger partial charge >= 0.3 is 0 Å². The second-order valence-corrected chi connectivity index (χ2v) is 4.71. The zero-order valence-corrected chi connectivity index (χ0v) is 11.5. The van der Waals surface area contributed by atoms with Crippen molar-refractivity contribution in [3.8, 4) is 0 Å². The molecule has 0 saturated heterocycles. The summed E-state index contributed by atoms with van der Waals surface area (Å²) >= 11 is 1.09. The van der Waals surface area contributed by atoms with Crippen LogP contribution in [0.15, 0.2) is 17.0 Å². The minimum atomic E-state index is -0.225. The van der Waals surface area contributed by atoms with Crippen LogP contribution in [0.1, 0.15) is 32.3 Å². The molecule has 1 aliphatic carbocycles. The highest BCUT2D eigenvalue weighted by Crippen LogP contribution is 2.32. The van der Waals surface area contributed by atoms with Crippen molar-refractivity contribution in [1.29, 1.82) is 0 Å². The molecule has 1 saturated carbocycles. The van der Waals surface area contributed by atoms with Gasteiger partial charge in [-0.2, -0.15) is 0 Å². The summed E-state index contributed by atoms with van der Waals surface area (Å²) in [4.78, 5) is 0.785. The highest BCUT2D eigenvalue weighted by Gasteiger charge is 2.21. The summed E-state index contributed by atoms with van der Waals surface area (Å²) < 4.78 is 13.1. The Balaban J connectivity index is 0.000000686. The predicted molar refractivity (Wildman–Crippen MR) is 73.7 cm³/mol. The van der Waals surface area contributed by atoms with Crippen molar-refractivity contribution < 1.29 is 4.39 Å². The third kappa shape index (κ3) is 4.21. The fraction of sp³-hybridized carbons (Fsp3) is 0.538. The van der Waals surface area contributed by atoms with Gasteiger partial charge in [-0.15, -0.1) is 0 Å². The van der Waals surface area contributed by atoms with E-state index < -0.39 is 0 Å². The number of hydrogen-bond acceptors (Lipinski definition) is 3. The summed E-state index contributed by atoms with van der Waals surface area (Å²) in [7, 11) is 0. The smallest absolute Gasteiger partial charge is 0.124 e. The van der Waals surface area contributed by atoms with E-state index in [0.29, 0.717) is 0 Å². The van der Waals surface area contributed by atoms with Gasteiger partial charge in [0.2, 0.25) is 0 Å². The van der Waals surface area contributed by atoms with Gasteiger partial charge in [0.25, 0.3) is 0 Å². The van der Waals surface area contributed by atoms with E-state index in [2.05, 4.69) is 5.32 Å². The normalized spacial score (nSPS) is 13.9. The lowest BCUT2D eigenvalue weighted by Gasteiger charge is -2.13. The Morgan fingerprint density at radius 3 is 2.59 bits per heavy atom. The number of hydrogen-bond donors (Lipinski definition) is 2. The van der Waals surface area contributed by atoms with Gasteiger partial charge < -0.3 is 5.32 Å². The highest BCUT2D eigenvalue weighted by atomic mass is 32.2. The minimum Gasteiger partial charge on any atom is -0.384 e. The van der Waals surface area contributed by atoms with Gasteiger partial charge in [0.15, 0.2) is 0 Å². The first-order valence-electron chi connectivity index (χ1n) is 6.11. The van der Waals surface area contributed by atoms with Crippen LogP contribution in [-0.4, -0.2) is 6.54 Å². The summed E-state index contributed by atoms with van der Waals surface area (Å²) in [5.74, 6) is 0.572. The number of rotatable bonds is 4. The fourth-order valence-electron chi connectivity index (χ4n) is 1.60. The van der Waals surface area contributed by atoms with Crippen molar-refractivity contribution in [3.63, 3.8) is 0 Å². The quantitative estimate of drug-likeness (QED) is 0.801. The zero-order chi connectivity index (χ0) is 12.8. The van der Waals surface area contributed by atoms with Crippen LogP contribution in [0.25, 0.3) is 0 Å². The number of nitrogens with two attached hydrogens (primary N) is 1. The van der Waals surface area contributed by atoms with Gasteiger partial charge in [-0.1, -0.05) is 13.8 Å². The molecular formula is C13H21FN2S. The molecule has 3 N–H and O–H groups in total. The number of nitrogens with one attached hydrogen (secondary N) is 1. The zero-order valence-electron chi connectivity index (χ0n) is 10.7. The molecule has 0 spiro atoms. The first-order valence-corrected chi connectivity index (χ1v) is 6.99. The number of halogens is 1. The van der Waals surface area contributed by atoms with Gasteiger partial charge in [-0.25, -0.2) is 4.39 Å². The van der Waals surface area contributed by atoms with Crippen LogP contribution in [0, 0.1) is 18.7 Å². The molecule has 0 bridgehead atoms. The van der Waals surface area contributed by atoms with Gasteiger partial charge in [0.1, 0.15) is 5.82 Å². The molecular weight excluding hydrogens is 235 g/mol. The lowest BCUT2D eigenvalue weighted by atomic mass is 10.2. The standard InChI is InChI=1S/C11H15FN2S.C2H6/c1-7-4-9(12)5-10(15-13)11(7)14-6-8-2-3-8;1-2/h4-5,8,14H,2-3,6,13H2,1H3;1-2H3. The first-order chi connectivity index (χ1) is 8.20. The average Bonchev–Trinajstić information content (AvgIpc) is 3.13. The molecule has 0 heterocycles. The van der Waals surface area contributed by atoms with Gasteiger partial charge in [-0.05, 0) is 55.3 Å². The first kappa shape index (κ1) is 14.3. The molecule has 17 heavy (non-hydrogen) atoms. The highest BCUT2D eigenvalue weighted by molar-refractivity contribution is 7.97. The Kier molecular flexibility index (Phi) is 5.78. The molecule has 0 atom stereocenters. The van der Waals surface area contributed by atoms with Crippen molar-refractivity contribution in [2.24, 2.45) is 11.1 Å². The molecule has 1 aliphatic rings. The van der Waals surface area contributed by atoms with Crippen LogP contribution < -0.4 is 10.5 Å². The maximum atomic E-state index is 13.1. The molecule has 1 fully saturated rings. The molecule has 2 rings (SSSR count). The molecule has 4 heteroatoms. The van der Waals surface area contributed by atoms with Crippen molar-refractivity contribution in [2.45, 2.75) is 38.5 Å². The third-order valence-corrected chi connectivity index (χ3v) is 3.23. The van der Waals surface area contributed by atoms with E-state index >= 15 is 0 Å². The van der Waals surface area contributed by atoms with E-state index in [9.17, 15) is 4.39 Å². The molecule has 0 aromatic heterocycles. The van der Waals surface area contributed by atoms with E-state index in [4.69, 9.17) is 5.14 Å². The summed E-state index contributed by atoms with van der Waals surface area (Å²) in [6.45, 7) is 6.87. The number of aryl methyl sites for hydroxylation is 1. The summed E-state index contributed by atoms with van der Waals surface area (Å²) in [6.07, 6.45) is 2.61. The second-order valence-electron chi connectivity index (χ2n) is 4.04. The van der Waals surface area contributed by atoms with Crippen LogP contribution >= 0.6 is 11.9 Å². The van der Waals surface area contributed by atoms with E-state index in [1.807, 2.05) is 20.8 Å². The monoisotopic (exact) mass is 256 g/mol. The van der Waals surface area contributed by atoms with E-state index in [0.717, 1.165) is 40.6 Å². The van der Waals surface area contributed by atoms with E-state index in [-0.39, 0.29) is 5.82 Å². The fourth-order valence-corrected chi connectivity index (χ4v) is 2.13. The largest absolute Gasteiger partial charge is 0.384 e. The van der Waals surface area contributed by atoms with Crippen molar-refractivity contribution in [2.75, 3.05) is 11.9 Å². The number of anilines is 1. The van der Waals surface area contributed by atoms with Crippen molar-refractivity contribution >= 4 is 17.6 Å². The maximum Gasteiger partial charge on any atom is 0.124 e. The Bertz CT molecular complexity index is 365. The van der Waals surface area contributed by atoms with E-state index in [1.54, 1.807) is 0 Å². The lowest BCUT2D eigenvalue weighted by Crippen LogP contribution is -2.06. The van der Waals surface area contributed by atoms with Crippen LogP contribution in [0.5, 0.6) is 0 Å². The van der Waals surface area contributed by atoms with Crippen LogP contribution in [0.3, 0.4) is 0 Å². The molecule has 1 aromatic carbocycles. The predicted octanol–water partition coefficient (Wildman–Crippen LogP) is 3.95. The molecule has 1 aromatic rings. The SMILES string of the molecule is CC.Cc1cc(F)cc(SN)c1NCC1CC1. The molecule has 0 amide bonds. The Hall–Kier alpha value is -0.740. The minimum absolute atomic E-state index is 0.225. The molecule has 2 nitrogen and oxygen atoms in total. The van der Waals surface area contributed by atoms with Crippen LogP contribution in [0.2, 0.25) is 0 Å². The van der Waals surface area contributed by atoms with Gasteiger partial charge in [0, 0.05) is 11.4 Å². The van der Waals surface area contributed by atoms with E-state index in [1.165, 1.54) is 25.0 Å².